The third-order valence-electron chi connectivity index (χ3n) is 5.44. The molecule has 0 radical (unpaired) electrons. The number of methoxy groups -OCH3 is 1. The van der Waals surface area contributed by atoms with Crippen molar-refractivity contribution in [2.24, 2.45) is 0 Å². The summed E-state index contributed by atoms with van der Waals surface area (Å²) >= 11 is 0. The number of nitrogens with zero attached hydrogens (tertiary/aromatic N) is 1. The molecule has 2 aliphatic heterocycles. The number of esters is 1. The Morgan fingerprint density at radius 2 is 1.83 bits per heavy atom. The van der Waals surface area contributed by atoms with Crippen LogP contribution in [0.5, 0.6) is 0 Å². The van der Waals surface area contributed by atoms with E-state index in [2.05, 4.69) is 57.0 Å². The summed E-state index contributed by atoms with van der Waals surface area (Å²) in [5.74, 6) is -0.169. The van der Waals surface area contributed by atoms with Gasteiger partial charge in [-0.2, -0.15) is 0 Å². The molecule has 124 valence electrons. The molecule has 0 spiro atoms. The molecule has 0 unspecified atom stereocenters. The quantitative estimate of drug-likeness (QED) is 0.778. The summed E-state index contributed by atoms with van der Waals surface area (Å²) in [5.41, 5.74) is 4.68. The van der Waals surface area contributed by atoms with Gasteiger partial charge in [-0.3, -0.25) is 4.90 Å². The van der Waals surface area contributed by atoms with Crippen LogP contribution >= 0.6 is 0 Å². The normalized spacial score (nSPS) is 24.9. The molecule has 2 atom stereocenters. The first kappa shape index (κ1) is 16.3. The third kappa shape index (κ3) is 2.83. The largest absolute Gasteiger partial charge is 0.466 e. The molecule has 2 aliphatic rings. The molecule has 0 aromatic heterocycles. The first-order valence-corrected chi connectivity index (χ1v) is 8.47. The highest BCUT2D eigenvalue weighted by molar-refractivity contribution is 5.99. The summed E-state index contributed by atoms with van der Waals surface area (Å²) in [6, 6.07) is 9.48. The van der Waals surface area contributed by atoms with Gasteiger partial charge in [0.25, 0.3) is 0 Å². The van der Waals surface area contributed by atoms with Crippen molar-refractivity contribution in [1.82, 2.24) is 4.90 Å². The molecule has 0 amide bonds. The number of fused-ring (bicyclic) bond motifs is 2. The molecular weight excluding hydrogens is 286 g/mol. The van der Waals surface area contributed by atoms with E-state index >= 15 is 0 Å². The number of ether oxygens (including phenoxy) is 1. The van der Waals surface area contributed by atoms with E-state index in [0.717, 1.165) is 24.8 Å². The fourth-order valence-corrected chi connectivity index (χ4v) is 3.97. The molecule has 3 nitrogen and oxygen atoms in total. The SMILES string of the molecule is COC(=O)C1=C(c2ccc(C(C)(C)C)cc2)C[C@@H]2CC[C@H]1N2C. The Hall–Kier alpha value is -1.61. The van der Waals surface area contributed by atoms with Crippen LogP contribution in [0.2, 0.25) is 0 Å². The Bertz CT molecular complexity index is 637. The molecule has 1 fully saturated rings. The highest BCUT2D eigenvalue weighted by Gasteiger charge is 2.42. The Morgan fingerprint density at radius 1 is 1.17 bits per heavy atom. The molecule has 0 N–H and O–H groups in total. The summed E-state index contributed by atoms with van der Waals surface area (Å²) in [5, 5.41) is 0. The lowest BCUT2D eigenvalue weighted by Gasteiger charge is -2.34. The van der Waals surface area contributed by atoms with Gasteiger partial charge in [-0.15, -0.1) is 0 Å². The molecule has 3 rings (SSSR count). The molecule has 1 aromatic rings. The number of benzene rings is 1. The minimum absolute atomic E-state index is 0.143. The van der Waals surface area contributed by atoms with Gasteiger partial charge in [0.15, 0.2) is 0 Å². The van der Waals surface area contributed by atoms with E-state index < -0.39 is 0 Å². The highest BCUT2D eigenvalue weighted by Crippen LogP contribution is 2.42. The number of carbonyl (C=O) groups is 1. The highest BCUT2D eigenvalue weighted by atomic mass is 16.5. The zero-order valence-corrected chi connectivity index (χ0v) is 14.8. The zero-order chi connectivity index (χ0) is 16.8. The van der Waals surface area contributed by atoms with Crippen molar-refractivity contribution >= 4 is 11.5 Å². The predicted molar refractivity (Wildman–Crippen MR) is 93.3 cm³/mol. The molecule has 2 bridgehead atoms. The van der Waals surface area contributed by atoms with Gasteiger partial charge in [0.1, 0.15) is 0 Å². The Morgan fingerprint density at radius 3 is 2.39 bits per heavy atom. The van der Waals surface area contributed by atoms with Crippen LogP contribution in [0.4, 0.5) is 0 Å². The van der Waals surface area contributed by atoms with Gasteiger partial charge < -0.3 is 4.74 Å². The van der Waals surface area contributed by atoms with E-state index in [-0.39, 0.29) is 17.4 Å². The summed E-state index contributed by atoms with van der Waals surface area (Å²) in [7, 11) is 3.61. The second-order valence-electron chi connectivity index (χ2n) is 7.83. The molecular formula is C20H27NO2. The molecule has 23 heavy (non-hydrogen) atoms. The van der Waals surface area contributed by atoms with Gasteiger partial charge in [-0.05, 0) is 48.4 Å². The molecule has 0 saturated carbocycles. The molecule has 2 heterocycles. The Labute approximate surface area is 139 Å². The third-order valence-corrected chi connectivity index (χ3v) is 5.44. The van der Waals surface area contributed by atoms with Gasteiger partial charge in [0.2, 0.25) is 0 Å². The van der Waals surface area contributed by atoms with Crippen LogP contribution in [0, 0.1) is 0 Å². The zero-order valence-electron chi connectivity index (χ0n) is 14.8. The Kier molecular flexibility index (Phi) is 4.09. The van der Waals surface area contributed by atoms with Crippen LogP contribution in [0.15, 0.2) is 29.8 Å². The van der Waals surface area contributed by atoms with Crippen LogP contribution in [0.3, 0.4) is 0 Å². The fourth-order valence-electron chi connectivity index (χ4n) is 3.97. The maximum absolute atomic E-state index is 12.4. The lowest BCUT2D eigenvalue weighted by atomic mass is 9.84. The summed E-state index contributed by atoms with van der Waals surface area (Å²) in [6.45, 7) is 6.66. The summed E-state index contributed by atoms with van der Waals surface area (Å²) < 4.78 is 5.09. The van der Waals surface area contributed by atoms with E-state index in [1.54, 1.807) is 0 Å². The van der Waals surface area contributed by atoms with Gasteiger partial charge in [-0.25, -0.2) is 4.79 Å². The standard InChI is InChI=1S/C20H27NO2/c1-20(2,3)14-8-6-13(7-9-14)16-12-15-10-11-17(21(15)4)18(16)19(22)23-5/h6-9,15,17H,10-12H2,1-5H3/t15-,17+/m0/s1. The van der Waals surface area contributed by atoms with Crippen LogP contribution in [0.1, 0.15) is 51.2 Å². The second-order valence-corrected chi connectivity index (χ2v) is 7.83. The van der Waals surface area contributed by atoms with Crippen LogP contribution < -0.4 is 0 Å². The van der Waals surface area contributed by atoms with Gasteiger partial charge in [-0.1, -0.05) is 45.0 Å². The first-order chi connectivity index (χ1) is 10.8. The molecule has 0 aliphatic carbocycles. The average Bonchev–Trinajstić information content (AvgIpc) is 2.75. The topological polar surface area (TPSA) is 29.5 Å². The van der Waals surface area contributed by atoms with Crippen molar-refractivity contribution < 1.29 is 9.53 Å². The molecule has 1 saturated heterocycles. The Balaban J connectivity index is 2.04. The summed E-state index contributed by atoms with van der Waals surface area (Å²) in [6.07, 6.45) is 3.15. The number of likely N-dealkylation sites (N-methyl/N-ethyl adjacent to an activating group) is 1. The number of rotatable bonds is 2. The maximum atomic E-state index is 12.4. The van der Waals surface area contributed by atoms with E-state index in [1.807, 2.05) is 0 Å². The predicted octanol–water partition coefficient (Wildman–Crippen LogP) is 3.78. The number of carbonyl (C=O) groups excluding carboxylic acids is 1. The van der Waals surface area contributed by atoms with Crippen LogP contribution in [-0.2, 0) is 14.9 Å². The van der Waals surface area contributed by atoms with Crippen LogP contribution in [-0.4, -0.2) is 37.1 Å². The number of hydrogen-bond donors (Lipinski definition) is 0. The fraction of sp³-hybridized carbons (Fsp3) is 0.550. The summed E-state index contributed by atoms with van der Waals surface area (Å²) in [4.78, 5) is 14.7. The molecule has 1 aromatic carbocycles. The minimum Gasteiger partial charge on any atom is -0.466 e. The van der Waals surface area contributed by atoms with Crippen molar-refractivity contribution in [3.05, 3.63) is 41.0 Å². The van der Waals surface area contributed by atoms with Gasteiger partial charge in [0.05, 0.1) is 12.7 Å². The van der Waals surface area contributed by atoms with Crippen molar-refractivity contribution in [3.63, 3.8) is 0 Å². The van der Waals surface area contributed by atoms with E-state index in [9.17, 15) is 4.79 Å². The lowest BCUT2D eigenvalue weighted by molar-refractivity contribution is -0.136. The molecule has 3 heteroatoms. The van der Waals surface area contributed by atoms with Crippen molar-refractivity contribution in [2.75, 3.05) is 14.2 Å². The number of hydrogen-bond acceptors (Lipinski definition) is 3. The van der Waals surface area contributed by atoms with Gasteiger partial charge >= 0.3 is 5.97 Å². The monoisotopic (exact) mass is 313 g/mol. The van der Waals surface area contributed by atoms with Crippen molar-refractivity contribution in [2.45, 2.75) is 57.5 Å². The second kappa shape index (κ2) is 5.79. The van der Waals surface area contributed by atoms with Crippen molar-refractivity contribution in [3.8, 4) is 0 Å². The average molecular weight is 313 g/mol. The van der Waals surface area contributed by atoms with Gasteiger partial charge in [0, 0.05) is 12.1 Å². The minimum atomic E-state index is -0.169. The maximum Gasteiger partial charge on any atom is 0.335 e. The smallest absolute Gasteiger partial charge is 0.335 e. The van der Waals surface area contributed by atoms with E-state index in [0.29, 0.717) is 6.04 Å². The first-order valence-electron chi connectivity index (χ1n) is 8.47. The lowest BCUT2D eigenvalue weighted by Crippen LogP contribution is -2.40. The van der Waals surface area contributed by atoms with Crippen LogP contribution in [0.25, 0.3) is 5.57 Å². The van der Waals surface area contributed by atoms with E-state index in [4.69, 9.17) is 4.74 Å². The van der Waals surface area contributed by atoms with Crippen molar-refractivity contribution in [1.29, 1.82) is 0 Å². The van der Waals surface area contributed by atoms with E-state index in [1.165, 1.54) is 23.8 Å².